The summed E-state index contributed by atoms with van der Waals surface area (Å²) < 4.78 is 0. The summed E-state index contributed by atoms with van der Waals surface area (Å²) >= 11 is 15.1. The van der Waals surface area contributed by atoms with Crippen LogP contribution in [0.1, 0.15) is 0 Å². The van der Waals surface area contributed by atoms with Crippen LogP contribution < -0.4 is 25.8 Å². The molecule has 0 atom stereocenters. The van der Waals surface area contributed by atoms with Gasteiger partial charge in [0.25, 0.3) is 0 Å². The molecule has 3 aliphatic heterocycles. The Morgan fingerprint density at radius 1 is 0.679 bits per heavy atom. The number of benzene rings is 2. The highest BCUT2D eigenvalue weighted by atomic mass is 35.5. The van der Waals surface area contributed by atoms with Crippen molar-refractivity contribution in [3.63, 3.8) is 0 Å². The van der Waals surface area contributed by atoms with E-state index < -0.39 is 0 Å². The first kappa shape index (κ1) is 18.7. The van der Waals surface area contributed by atoms with Gasteiger partial charge in [-0.1, -0.05) is 35.0 Å². The highest BCUT2D eigenvalue weighted by Crippen LogP contribution is 2.51. The lowest BCUT2D eigenvalue weighted by Gasteiger charge is -2.33. The van der Waals surface area contributed by atoms with Crippen LogP contribution in [0.4, 0.5) is 22.7 Å². The van der Waals surface area contributed by atoms with Gasteiger partial charge in [-0.05, 0) is 24.3 Å². The summed E-state index contributed by atoms with van der Waals surface area (Å²) in [4.78, 5) is 7.09. The fourth-order valence-corrected chi connectivity index (χ4v) is 5.75. The average Bonchev–Trinajstić information content (AvgIpc) is 2.74. The second-order valence-corrected chi connectivity index (χ2v) is 9.20. The SMILES string of the molecule is Clc1cc(N2CCNCC2)cc2c1Nc1c(Cl)cc(N3CCNCC3)cc1S2. The van der Waals surface area contributed by atoms with Gasteiger partial charge >= 0.3 is 0 Å². The highest BCUT2D eigenvalue weighted by Gasteiger charge is 2.24. The third-order valence-corrected chi connectivity index (χ3v) is 7.19. The van der Waals surface area contributed by atoms with E-state index in [4.69, 9.17) is 23.2 Å². The highest BCUT2D eigenvalue weighted by molar-refractivity contribution is 7.99. The molecule has 0 unspecified atom stereocenters. The van der Waals surface area contributed by atoms with Crippen LogP contribution in [-0.4, -0.2) is 52.4 Å². The van der Waals surface area contributed by atoms with Crippen LogP contribution in [0, 0.1) is 0 Å². The Hall–Kier alpha value is -1.31. The standard InChI is InChI=1S/C20H23Cl2N5S/c21-15-9-13(26-5-1-23-2-6-26)11-17-19(15)25-20-16(22)10-14(12-18(20)28-17)27-7-3-24-4-8-27/h9-12,23-25H,1-8H2. The molecule has 148 valence electrons. The molecule has 0 aromatic heterocycles. The zero-order valence-electron chi connectivity index (χ0n) is 15.5. The molecule has 0 radical (unpaired) electrons. The minimum absolute atomic E-state index is 0.742. The number of fused-ring (bicyclic) bond motifs is 2. The maximum Gasteiger partial charge on any atom is 0.0717 e. The number of anilines is 4. The Morgan fingerprint density at radius 3 is 1.54 bits per heavy atom. The molecular weight excluding hydrogens is 413 g/mol. The van der Waals surface area contributed by atoms with Crippen LogP contribution in [0.25, 0.3) is 0 Å². The first-order valence-corrected chi connectivity index (χ1v) is 11.3. The molecule has 8 heteroatoms. The summed E-state index contributed by atoms with van der Waals surface area (Å²) in [6, 6.07) is 8.62. The summed E-state index contributed by atoms with van der Waals surface area (Å²) in [5.41, 5.74) is 4.28. The first-order valence-electron chi connectivity index (χ1n) is 9.72. The Balaban J connectivity index is 1.48. The number of nitrogens with one attached hydrogen (secondary N) is 3. The average molecular weight is 436 g/mol. The molecular formula is C20H23Cl2N5S. The normalized spacial score (nSPS) is 19.1. The molecule has 0 bridgehead atoms. The number of piperazine rings is 2. The van der Waals surface area contributed by atoms with Gasteiger partial charge in [0.15, 0.2) is 0 Å². The summed E-state index contributed by atoms with van der Waals surface area (Å²) in [6.07, 6.45) is 0. The molecule has 3 N–H and O–H groups in total. The monoisotopic (exact) mass is 435 g/mol. The van der Waals surface area contributed by atoms with Crippen LogP contribution in [0.3, 0.4) is 0 Å². The third-order valence-electron chi connectivity index (χ3n) is 5.51. The van der Waals surface area contributed by atoms with E-state index in [9.17, 15) is 0 Å². The van der Waals surface area contributed by atoms with E-state index in [1.807, 2.05) is 0 Å². The molecule has 0 amide bonds. The Morgan fingerprint density at radius 2 is 1.11 bits per heavy atom. The van der Waals surface area contributed by atoms with Crippen molar-refractivity contribution >= 4 is 57.7 Å². The number of rotatable bonds is 2. The summed E-state index contributed by atoms with van der Waals surface area (Å²) in [6.45, 7) is 8.04. The van der Waals surface area contributed by atoms with Crippen molar-refractivity contribution in [1.82, 2.24) is 10.6 Å². The topological polar surface area (TPSA) is 42.6 Å². The van der Waals surface area contributed by atoms with Gasteiger partial charge in [-0.15, -0.1) is 0 Å². The molecule has 2 fully saturated rings. The van der Waals surface area contributed by atoms with Gasteiger partial charge < -0.3 is 25.8 Å². The molecule has 5 rings (SSSR count). The lowest BCUT2D eigenvalue weighted by atomic mass is 10.2. The number of nitrogens with zero attached hydrogens (tertiary/aromatic N) is 2. The van der Waals surface area contributed by atoms with Crippen LogP contribution in [0.5, 0.6) is 0 Å². The maximum atomic E-state index is 6.66. The number of hydrogen-bond donors (Lipinski definition) is 3. The minimum Gasteiger partial charge on any atom is -0.369 e. The van der Waals surface area contributed by atoms with Crippen LogP contribution in [-0.2, 0) is 0 Å². The predicted octanol–water partition coefficient (Wildman–Crippen LogP) is 4.02. The van der Waals surface area contributed by atoms with E-state index in [2.05, 4.69) is 50.0 Å². The minimum atomic E-state index is 0.742. The fraction of sp³-hybridized carbons (Fsp3) is 0.400. The number of hydrogen-bond acceptors (Lipinski definition) is 6. The molecule has 0 saturated carbocycles. The molecule has 0 aliphatic carbocycles. The van der Waals surface area contributed by atoms with E-state index in [1.165, 1.54) is 11.4 Å². The van der Waals surface area contributed by atoms with Gasteiger partial charge in [0, 0.05) is 73.5 Å². The fourth-order valence-electron chi connectivity index (χ4n) is 3.99. The lowest BCUT2D eigenvalue weighted by Crippen LogP contribution is -2.43. The van der Waals surface area contributed by atoms with Crippen LogP contribution >= 0.6 is 35.0 Å². The van der Waals surface area contributed by atoms with Gasteiger partial charge in [0.1, 0.15) is 0 Å². The smallest absolute Gasteiger partial charge is 0.0717 e. The van der Waals surface area contributed by atoms with Crippen molar-refractivity contribution in [2.45, 2.75) is 9.79 Å². The largest absolute Gasteiger partial charge is 0.369 e. The van der Waals surface area contributed by atoms with E-state index in [1.54, 1.807) is 11.8 Å². The third kappa shape index (κ3) is 3.53. The van der Waals surface area contributed by atoms with Gasteiger partial charge in [0.2, 0.25) is 0 Å². The van der Waals surface area contributed by atoms with Crippen molar-refractivity contribution in [1.29, 1.82) is 0 Å². The van der Waals surface area contributed by atoms with Gasteiger partial charge in [-0.2, -0.15) is 0 Å². The molecule has 3 heterocycles. The van der Waals surface area contributed by atoms with E-state index in [0.717, 1.165) is 83.6 Å². The Kier molecular flexibility index (Phi) is 5.24. The zero-order valence-corrected chi connectivity index (χ0v) is 17.9. The first-order chi connectivity index (χ1) is 13.7. The van der Waals surface area contributed by atoms with E-state index >= 15 is 0 Å². The maximum absolute atomic E-state index is 6.66. The number of halogens is 2. The molecule has 28 heavy (non-hydrogen) atoms. The van der Waals surface area contributed by atoms with Gasteiger partial charge in [-0.25, -0.2) is 0 Å². The molecule has 2 aromatic rings. The summed E-state index contributed by atoms with van der Waals surface area (Å²) in [5.74, 6) is 0. The van der Waals surface area contributed by atoms with E-state index in [-0.39, 0.29) is 0 Å². The Labute approximate surface area is 179 Å². The Bertz CT molecular complexity index is 823. The lowest BCUT2D eigenvalue weighted by molar-refractivity contribution is 0.589. The summed E-state index contributed by atoms with van der Waals surface area (Å²) in [5, 5.41) is 11.8. The van der Waals surface area contributed by atoms with Crippen molar-refractivity contribution in [3.8, 4) is 0 Å². The van der Waals surface area contributed by atoms with Gasteiger partial charge in [0.05, 0.1) is 21.4 Å². The van der Waals surface area contributed by atoms with E-state index in [0.29, 0.717) is 0 Å². The van der Waals surface area contributed by atoms with Crippen LogP contribution in [0.2, 0.25) is 10.0 Å². The van der Waals surface area contributed by atoms with Crippen molar-refractivity contribution < 1.29 is 0 Å². The molecule has 2 saturated heterocycles. The van der Waals surface area contributed by atoms with Crippen molar-refractivity contribution in [3.05, 3.63) is 34.3 Å². The second kappa shape index (κ2) is 7.84. The predicted molar refractivity (Wildman–Crippen MR) is 120 cm³/mol. The van der Waals surface area contributed by atoms with Crippen LogP contribution in [0.15, 0.2) is 34.1 Å². The van der Waals surface area contributed by atoms with Gasteiger partial charge in [-0.3, -0.25) is 0 Å². The van der Waals surface area contributed by atoms with Crippen molar-refractivity contribution in [2.75, 3.05) is 67.5 Å². The van der Waals surface area contributed by atoms with Crippen molar-refractivity contribution in [2.24, 2.45) is 0 Å². The molecule has 2 aromatic carbocycles. The quantitative estimate of drug-likeness (QED) is 0.564. The molecule has 3 aliphatic rings. The molecule has 5 nitrogen and oxygen atoms in total. The zero-order chi connectivity index (χ0) is 19.1. The molecule has 0 spiro atoms. The summed E-state index contributed by atoms with van der Waals surface area (Å²) in [7, 11) is 0. The second-order valence-electron chi connectivity index (χ2n) is 7.30.